The van der Waals surface area contributed by atoms with E-state index in [0.29, 0.717) is 30.4 Å². The normalized spacial score (nSPS) is 20.7. The molecule has 4 heteroatoms. The minimum absolute atomic E-state index is 0.546. The van der Waals surface area contributed by atoms with Crippen LogP contribution in [0.5, 0.6) is 11.5 Å². The van der Waals surface area contributed by atoms with Crippen molar-refractivity contribution in [1.82, 2.24) is 5.32 Å². The van der Waals surface area contributed by atoms with Crippen LogP contribution in [0.1, 0.15) is 37.1 Å². The molecule has 1 fully saturated rings. The van der Waals surface area contributed by atoms with E-state index >= 15 is 0 Å². The van der Waals surface area contributed by atoms with E-state index in [4.69, 9.17) is 9.47 Å². The lowest BCUT2D eigenvalue weighted by molar-refractivity contribution is 0.168. The summed E-state index contributed by atoms with van der Waals surface area (Å²) >= 11 is 0. The summed E-state index contributed by atoms with van der Waals surface area (Å²) in [6, 6.07) is 3.74. The van der Waals surface area contributed by atoms with Gasteiger partial charge in [-0.1, -0.05) is 0 Å². The van der Waals surface area contributed by atoms with Gasteiger partial charge in [-0.25, -0.2) is 4.39 Å². The van der Waals surface area contributed by atoms with Crippen molar-refractivity contribution in [3.8, 4) is 11.5 Å². The zero-order chi connectivity index (χ0) is 13.9. The first kappa shape index (κ1) is 13.7. The van der Waals surface area contributed by atoms with Crippen LogP contribution in [0.25, 0.3) is 0 Å². The van der Waals surface area contributed by atoms with E-state index in [9.17, 15) is 4.39 Å². The highest BCUT2D eigenvalue weighted by atomic mass is 19.1. The number of nitrogens with one attached hydrogen (secondary N) is 1. The molecule has 1 unspecified atom stereocenters. The lowest BCUT2D eigenvalue weighted by atomic mass is 9.89. The van der Waals surface area contributed by atoms with Crippen molar-refractivity contribution in [3.63, 3.8) is 0 Å². The molecule has 0 aromatic heterocycles. The van der Waals surface area contributed by atoms with Crippen LogP contribution in [-0.4, -0.2) is 26.3 Å². The average molecular weight is 279 g/mol. The Morgan fingerprint density at radius 2 is 2.00 bits per heavy atom. The van der Waals surface area contributed by atoms with Crippen molar-refractivity contribution in [2.24, 2.45) is 5.92 Å². The summed E-state index contributed by atoms with van der Waals surface area (Å²) in [5.74, 6) is 2.19. The maximum absolute atomic E-state index is 13.7. The van der Waals surface area contributed by atoms with E-state index in [1.54, 1.807) is 13.0 Å². The van der Waals surface area contributed by atoms with Crippen LogP contribution in [0.15, 0.2) is 12.1 Å². The molecule has 1 aromatic rings. The van der Waals surface area contributed by atoms with Gasteiger partial charge in [0.05, 0.1) is 0 Å². The van der Waals surface area contributed by atoms with Gasteiger partial charge in [-0.3, -0.25) is 0 Å². The van der Waals surface area contributed by atoms with Crippen molar-refractivity contribution in [2.45, 2.75) is 32.4 Å². The Bertz CT molecular complexity index is 470. The molecule has 1 atom stereocenters. The number of rotatable bonds is 3. The van der Waals surface area contributed by atoms with E-state index in [2.05, 4.69) is 5.32 Å². The third-order valence-electron chi connectivity index (χ3n) is 4.17. The van der Waals surface area contributed by atoms with Crippen LogP contribution >= 0.6 is 0 Å². The Kier molecular flexibility index (Phi) is 4.10. The van der Waals surface area contributed by atoms with Crippen LogP contribution in [0.4, 0.5) is 4.39 Å². The fourth-order valence-corrected chi connectivity index (χ4v) is 3.03. The lowest BCUT2D eigenvalue weighted by Crippen LogP contribution is -2.29. The Morgan fingerprint density at radius 1 is 1.25 bits per heavy atom. The van der Waals surface area contributed by atoms with E-state index in [1.807, 2.05) is 6.07 Å². The van der Waals surface area contributed by atoms with E-state index in [1.165, 1.54) is 12.8 Å². The number of hydrogen-bond acceptors (Lipinski definition) is 3. The standard InChI is InChI=1S/C16H22FNO2/c1-11(17)13-9-14(8-12-2-4-18-5-3-12)16-15(10-13)19-6-7-20-16/h9-12,18H,2-8H2,1H3. The molecule has 1 N–H and O–H groups in total. The number of halogens is 1. The smallest absolute Gasteiger partial charge is 0.164 e. The van der Waals surface area contributed by atoms with Crippen molar-refractivity contribution >= 4 is 0 Å². The quantitative estimate of drug-likeness (QED) is 0.922. The fourth-order valence-electron chi connectivity index (χ4n) is 3.03. The van der Waals surface area contributed by atoms with Crippen molar-refractivity contribution < 1.29 is 13.9 Å². The van der Waals surface area contributed by atoms with Gasteiger partial charge in [0.25, 0.3) is 0 Å². The second-order valence-electron chi connectivity index (χ2n) is 5.72. The van der Waals surface area contributed by atoms with Gasteiger partial charge in [0.2, 0.25) is 0 Å². The number of piperidine rings is 1. The second-order valence-corrected chi connectivity index (χ2v) is 5.72. The van der Waals surface area contributed by atoms with Gasteiger partial charge in [-0.05, 0) is 68.5 Å². The van der Waals surface area contributed by atoms with Gasteiger partial charge in [-0.2, -0.15) is 0 Å². The molecular weight excluding hydrogens is 257 g/mol. The molecule has 3 nitrogen and oxygen atoms in total. The molecule has 1 aromatic carbocycles. The van der Waals surface area contributed by atoms with E-state index < -0.39 is 6.17 Å². The molecule has 20 heavy (non-hydrogen) atoms. The van der Waals surface area contributed by atoms with Crippen LogP contribution in [-0.2, 0) is 6.42 Å². The maximum atomic E-state index is 13.7. The first-order valence-electron chi connectivity index (χ1n) is 7.51. The molecule has 2 aliphatic rings. The topological polar surface area (TPSA) is 30.5 Å². The van der Waals surface area contributed by atoms with Crippen molar-refractivity contribution in [2.75, 3.05) is 26.3 Å². The molecule has 2 aliphatic heterocycles. The summed E-state index contributed by atoms with van der Waals surface area (Å²) in [5, 5.41) is 3.38. The monoisotopic (exact) mass is 279 g/mol. The van der Waals surface area contributed by atoms with Crippen molar-refractivity contribution in [1.29, 1.82) is 0 Å². The van der Waals surface area contributed by atoms with Gasteiger partial charge in [0.15, 0.2) is 11.5 Å². The third kappa shape index (κ3) is 2.90. The van der Waals surface area contributed by atoms with Gasteiger partial charge in [-0.15, -0.1) is 0 Å². The molecule has 0 radical (unpaired) electrons. The minimum atomic E-state index is -0.974. The van der Waals surface area contributed by atoms with Crippen LogP contribution in [0.3, 0.4) is 0 Å². The molecule has 0 saturated carbocycles. The summed E-state index contributed by atoms with van der Waals surface area (Å²) in [5.41, 5.74) is 1.80. The van der Waals surface area contributed by atoms with E-state index in [0.717, 1.165) is 30.8 Å². The molecular formula is C16H22FNO2. The van der Waals surface area contributed by atoms with Gasteiger partial charge < -0.3 is 14.8 Å². The number of hydrogen-bond donors (Lipinski definition) is 1. The largest absolute Gasteiger partial charge is 0.486 e. The predicted molar refractivity (Wildman–Crippen MR) is 76.3 cm³/mol. The number of benzene rings is 1. The SMILES string of the molecule is CC(F)c1cc(CC2CCNCC2)c2c(c1)OCCO2. The molecule has 110 valence electrons. The summed E-state index contributed by atoms with van der Waals surface area (Å²) in [4.78, 5) is 0. The fraction of sp³-hybridized carbons (Fsp3) is 0.625. The average Bonchev–Trinajstić information content (AvgIpc) is 2.48. The first-order chi connectivity index (χ1) is 9.74. The molecule has 3 rings (SSSR count). The number of fused-ring (bicyclic) bond motifs is 1. The van der Waals surface area contributed by atoms with Crippen LogP contribution in [0, 0.1) is 5.92 Å². The highest BCUT2D eigenvalue weighted by molar-refractivity contribution is 5.51. The summed E-state index contributed by atoms with van der Waals surface area (Å²) in [7, 11) is 0. The predicted octanol–water partition coefficient (Wildman–Crippen LogP) is 3.03. The second kappa shape index (κ2) is 6.00. The molecule has 0 aliphatic carbocycles. The van der Waals surface area contributed by atoms with Crippen LogP contribution < -0.4 is 14.8 Å². The molecule has 0 spiro atoms. The summed E-state index contributed by atoms with van der Waals surface area (Å²) in [6.45, 7) is 4.84. The molecule has 2 heterocycles. The van der Waals surface area contributed by atoms with Crippen molar-refractivity contribution in [3.05, 3.63) is 23.3 Å². The number of alkyl halides is 1. The minimum Gasteiger partial charge on any atom is -0.486 e. The Labute approximate surface area is 119 Å². The van der Waals surface area contributed by atoms with Gasteiger partial charge >= 0.3 is 0 Å². The van der Waals surface area contributed by atoms with Gasteiger partial charge in [0, 0.05) is 0 Å². The lowest BCUT2D eigenvalue weighted by Gasteiger charge is -2.26. The van der Waals surface area contributed by atoms with Crippen LogP contribution in [0.2, 0.25) is 0 Å². The summed E-state index contributed by atoms with van der Waals surface area (Å²) < 4.78 is 25.1. The first-order valence-corrected chi connectivity index (χ1v) is 7.51. The highest BCUT2D eigenvalue weighted by Gasteiger charge is 2.22. The molecule has 0 bridgehead atoms. The van der Waals surface area contributed by atoms with E-state index in [-0.39, 0.29) is 0 Å². The summed E-state index contributed by atoms with van der Waals surface area (Å²) in [6.07, 6.45) is 2.32. The molecule has 0 amide bonds. The highest BCUT2D eigenvalue weighted by Crippen LogP contribution is 2.39. The van der Waals surface area contributed by atoms with Gasteiger partial charge in [0.1, 0.15) is 19.4 Å². The number of ether oxygens (including phenoxy) is 2. The maximum Gasteiger partial charge on any atom is 0.164 e. The third-order valence-corrected chi connectivity index (χ3v) is 4.17. The Morgan fingerprint density at radius 3 is 2.75 bits per heavy atom. The zero-order valence-electron chi connectivity index (χ0n) is 12.0. The Hall–Kier alpha value is -1.29. The zero-order valence-corrected chi connectivity index (χ0v) is 12.0. The molecule has 1 saturated heterocycles. The Balaban J connectivity index is 1.88.